The van der Waals surface area contributed by atoms with Crippen LogP contribution in [-0.4, -0.2) is 35.2 Å². The van der Waals surface area contributed by atoms with Gasteiger partial charge in [0.2, 0.25) is 17.7 Å². The van der Waals surface area contributed by atoms with Crippen LogP contribution in [0.3, 0.4) is 0 Å². The van der Waals surface area contributed by atoms with Gasteiger partial charge in [-0.2, -0.15) is 0 Å². The normalized spacial score (nSPS) is 42.2. The monoisotopic (exact) mass is 342 g/mol. The molecule has 0 unspecified atom stereocenters. The Hall–Kier alpha value is -1.65. The molecule has 2 bridgehead atoms. The molecule has 25 heavy (non-hydrogen) atoms. The molecule has 6 atom stereocenters. The van der Waals surface area contributed by atoms with Crippen LogP contribution in [0.4, 0.5) is 0 Å². The summed E-state index contributed by atoms with van der Waals surface area (Å²) in [6.07, 6.45) is 12.3. The predicted octanol–water partition coefficient (Wildman–Crippen LogP) is 1.88. The zero-order valence-electron chi connectivity index (χ0n) is 14.5. The molecule has 1 N–H and O–H groups in total. The minimum Gasteiger partial charge on any atom is -0.352 e. The molecule has 5 nitrogen and oxygen atoms in total. The highest BCUT2D eigenvalue weighted by Gasteiger charge is 2.67. The van der Waals surface area contributed by atoms with Gasteiger partial charge in [-0.15, -0.1) is 0 Å². The number of likely N-dealkylation sites (tertiary alicyclic amines) is 1. The van der Waals surface area contributed by atoms with Crippen LogP contribution in [-0.2, 0) is 14.4 Å². The SMILES string of the molecule is O=C(CN1C(=O)[C@@H]2[C@@H]3C=C[C@H]([C@H]4C[C@H]34)[C@@H]2C1=O)NC1CCCCCC1. The van der Waals surface area contributed by atoms with Gasteiger partial charge in [0.1, 0.15) is 6.54 Å². The van der Waals surface area contributed by atoms with Gasteiger partial charge in [0, 0.05) is 6.04 Å². The summed E-state index contributed by atoms with van der Waals surface area (Å²) in [7, 11) is 0. The van der Waals surface area contributed by atoms with Crippen molar-refractivity contribution in [3.8, 4) is 0 Å². The molecular weight excluding hydrogens is 316 g/mol. The van der Waals surface area contributed by atoms with E-state index in [2.05, 4.69) is 17.5 Å². The highest BCUT2D eigenvalue weighted by Crippen LogP contribution is 2.65. The number of rotatable bonds is 3. The molecule has 5 aliphatic carbocycles. The van der Waals surface area contributed by atoms with E-state index >= 15 is 0 Å². The lowest BCUT2D eigenvalue weighted by Crippen LogP contribution is -2.44. The average molecular weight is 342 g/mol. The molecule has 4 fully saturated rings. The fourth-order valence-corrected chi connectivity index (χ4v) is 6.02. The van der Waals surface area contributed by atoms with Gasteiger partial charge >= 0.3 is 0 Å². The zero-order chi connectivity index (χ0) is 17.1. The van der Waals surface area contributed by atoms with Crippen LogP contribution in [0.5, 0.6) is 0 Å². The second kappa shape index (κ2) is 5.68. The third-order valence-corrected chi connectivity index (χ3v) is 7.28. The number of allylic oxidation sites excluding steroid dienone is 2. The summed E-state index contributed by atoms with van der Waals surface area (Å²) in [6, 6.07) is 0.204. The molecule has 1 heterocycles. The van der Waals surface area contributed by atoms with Crippen LogP contribution in [0.15, 0.2) is 12.2 Å². The standard InChI is InChI=1S/C20H26N2O3/c23-16(21-11-5-3-1-2-4-6-11)10-22-19(24)17-12-7-8-13(15-9-14(12)15)18(17)20(22)25/h7-8,11-15,17-18H,1-6,9-10H2,(H,21,23)/t12-,13-,14-,15-,17-,18+/m1/s1. The molecule has 3 saturated carbocycles. The van der Waals surface area contributed by atoms with Gasteiger partial charge < -0.3 is 5.32 Å². The summed E-state index contributed by atoms with van der Waals surface area (Å²) in [5, 5.41) is 3.06. The molecule has 0 aromatic heterocycles. The topological polar surface area (TPSA) is 66.5 Å². The number of carbonyl (C=O) groups is 3. The van der Waals surface area contributed by atoms with Gasteiger partial charge in [0.15, 0.2) is 0 Å². The summed E-state index contributed by atoms with van der Waals surface area (Å²) in [6.45, 7) is -0.0874. The lowest BCUT2D eigenvalue weighted by atomic mass is 9.63. The lowest BCUT2D eigenvalue weighted by molar-refractivity contribution is -0.144. The summed E-state index contributed by atoms with van der Waals surface area (Å²) < 4.78 is 0. The highest BCUT2D eigenvalue weighted by molar-refractivity contribution is 6.08. The molecule has 0 aromatic carbocycles. The fourth-order valence-electron chi connectivity index (χ4n) is 6.02. The van der Waals surface area contributed by atoms with Crippen molar-refractivity contribution in [3.05, 3.63) is 12.2 Å². The first-order chi connectivity index (χ1) is 12.1. The highest BCUT2D eigenvalue weighted by atomic mass is 16.2. The van der Waals surface area contributed by atoms with Gasteiger partial charge in [0.25, 0.3) is 0 Å². The first-order valence-corrected chi connectivity index (χ1v) is 9.98. The number of hydrogen-bond donors (Lipinski definition) is 1. The van der Waals surface area contributed by atoms with Crippen molar-refractivity contribution in [2.45, 2.75) is 51.0 Å². The van der Waals surface area contributed by atoms with Crippen LogP contribution < -0.4 is 5.32 Å². The number of nitrogens with one attached hydrogen (secondary N) is 1. The number of imide groups is 1. The quantitative estimate of drug-likeness (QED) is 0.484. The molecule has 1 saturated heterocycles. The van der Waals surface area contributed by atoms with E-state index < -0.39 is 0 Å². The Labute approximate surface area is 148 Å². The molecule has 0 spiro atoms. The minimum absolute atomic E-state index is 0.0874. The second-order valence-corrected chi connectivity index (χ2v) is 8.67. The number of nitrogens with zero attached hydrogens (tertiary/aromatic N) is 1. The van der Waals surface area contributed by atoms with E-state index in [1.165, 1.54) is 17.7 Å². The summed E-state index contributed by atoms with van der Waals surface area (Å²) >= 11 is 0. The Morgan fingerprint density at radius 3 is 2.08 bits per heavy atom. The van der Waals surface area contributed by atoms with E-state index in [4.69, 9.17) is 0 Å². The Morgan fingerprint density at radius 1 is 0.960 bits per heavy atom. The average Bonchev–Trinajstić information content (AvgIpc) is 3.40. The third-order valence-electron chi connectivity index (χ3n) is 7.28. The minimum atomic E-state index is -0.197. The first-order valence-electron chi connectivity index (χ1n) is 9.98. The molecule has 1 aliphatic heterocycles. The largest absolute Gasteiger partial charge is 0.352 e. The molecule has 0 aromatic rings. The van der Waals surface area contributed by atoms with E-state index in [1.807, 2.05) is 0 Å². The predicted molar refractivity (Wildman–Crippen MR) is 91.0 cm³/mol. The van der Waals surface area contributed by atoms with Gasteiger partial charge in [-0.3, -0.25) is 19.3 Å². The van der Waals surface area contributed by atoms with Crippen LogP contribution in [0, 0.1) is 35.5 Å². The molecule has 6 rings (SSSR count). The van der Waals surface area contributed by atoms with Crippen molar-refractivity contribution >= 4 is 17.7 Å². The Morgan fingerprint density at radius 2 is 1.52 bits per heavy atom. The Kier molecular flexibility index (Phi) is 3.54. The molecule has 134 valence electrons. The van der Waals surface area contributed by atoms with Gasteiger partial charge in [-0.25, -0.2) is 0 Å². The summed E-state index contributed by atoms with van der Waals surface area (Å²) in [4.78, 5) is 39.5. The van der Waals surface area contributed by atoms with Crippen LogP contribution in [0.1, 0.15) is 44.9 Å². The van der Waals surface area contributed by atoms with Crippen molar-refractivity contribution in [1.29, 1.82) is 0 Å². The van der Waals surface area contributed by atoms with Gasteiger partial charge in [-0.1, -0.05) is 37.8 Å². The van der Waals surface area contributed by atoms with Crippen molar-refractivity contribution in [1.82, 2.24) is 10.2 Å². The first kappa shape index (κ1) is 15.6. The summed E-state index contributed by atoms with van der Waals surface area (Å²) in [5.41, 5.74) is 0. The second-order valence-electron chi connectivity index (χ2n) is 8.67. The molecule has 6 aliphatic rings. The van der Waals surface area contributed by atoms with E-state index in [0.717, 1.165) is 32.1 Å². The van der Waals surface area contributed by atoms with Crippen molar-refractivity contribution in [3.63, 3.8) is 0 Å². The zero-order valence-corrected chi connectivity index (χ0v) is 14.5. The number of carbonyl (C=O) groups excluding carboxylic acids is 3. The van der Waals surface area contributed by atoms with Crippen molar-refractivity contribution in [2.24, 2.45) is 35.5 Å². The lowest BCUT2D eigenvalue weighted by Gasteiger charge is -2.37. The molecule has 0 radical (unpaired) electrons. The smallest absolute Gasteiger partial charge is 0.240 e. The number of hydrogen-bond acceptors (Lipinski definition) is 3. The van der Waals surface area contributed by atoms with Crippen molar-refractivity contribution < 1.29 is 14.4 Å². The van der Waals surface area contributed by atoms with Crippen LogP contribution >= 0.6 is 0 Å². The van der Waals surface area contributed by atoms with Gasteiger partial charge in [-0.05, 0) is 42.9 Å². The van der Waals surface area contributed by atoms with E-state index in [1.54, 1.807) is 0 Å². The Balaban J connectivity index is 1.27. The maximum atomic E-state index is 12.9. The van der Waals surface area contributed by atoms with Crippen LogP contribution in [0.2, 0.25) is 0 Å². The van der Waals surface area contributed by atoms with E-state index in [0.29, 0.717) is 11.8 Å². The molecule has 3 amide bonds. The van der Waals surface area contributed by atoms with Crippen molar-refractivity contribution in [2.75, 3.05) is 6.54 Å². The Bertz CT molecular complexity index is 613. The van der Waals surface area contributed by atoms with E-state index in [9.17, 15) is 14.4 Å². The fraction of sp³-hybridized carbons (Fsp3) is 0.750. The number of amides is 3. The third kappa shape index (κ3) is 2.38. The molecular formula is C20H26N2O3. The maximum absolute atomic E-state index is 12.9. The van der Waals surface area contributed by atoms with E-state index in [-0.39, 0.29) is 54.0 Å². The van der Waals surface area contributed by atoms with Crippen LogP contribution in [0.25, 0.3) is 0 Å². The van der Waals surface area contributed by atoms with Gasteiger partial charge in [0.05, 0.1) is 11.8 Å². The summed E-state index contributed by atoms with van der Waals surface area (Å²) in [5.74, 6) is 0.899. The molecule has 5 heteroatoms. The maximum Gasteiger partial charge on any atom is 0.240 e.